The number of rotatable bonds is 3. The quantitative estimate of drug-likeness (QED) is 0.892. The average Bonchev–Trinajstić information content (AvgIpc) is 2.61. The summed E-state index contributed by atoms with van der Waals surface area (Å²) in [5, 5.41) is 1.53. The maximum atomic E-state index is 13.2. The van der Waals surface area contributed by atoms with Crippen molar-refractivity contribution >= 4 is 15.7 Å². The average molecular weight is 373 g/mol. The standard InChI is InChI=1S/C19H19NO5S/c1-19-11-14(13-9-6-10-15(24-2)16(13)25-19)17(18(21)20-19)26(22,23)12-7-4-3-5-8-12/h3-10,14,17H,11H2,1-2H3,(H,20,21)/t14-,17-,19-/m0/s1. The molecule has 136 valence electrons. The van der Waals surface area contributed by atoms with E-state index in [4.69, 9.17) is 9.47 Å². The Kier molecular flexibility index (Phi) is 3.73. The van der Waals surface area contributed by atoms with Gasteiger partial charge in [0.2, 0.25) is 5.91 Å². The zero-order chi connectivity index (χ0) is 18.5. The largest absolute Gasteiger partial charge is 0.493 e. The molecule has 2 heterocycles. The molecule has 0 aliphatic carbocycles. The van der Waals surface area contributed by atoms with Crippen LogP contribution in [0.5, 0.6) is 11.5 Å². The van der Waals surface area contributed by atoms with Crippen molar-refractivity contribution in [3.05, 3.63) is 54.1 Å². The van der Waals surface area contributed by atoms with Gasteiger partial charge in [-0.25, -0.2) is 8.42 Å². The highest BCUT2D eigenvalue weighted by atomic mass is 32.2. The summed E-state index contributed by atoms with van der Waals surface area (Å²) in [7, 11) is -2.33. The topological polar surface area (TPSA) is 81.7 Å². The van der Waals surface area contributed by atoms with Gasteiger partial charge in [0, 0.05) is 17.9 Å². The Bertz CT molecular complexity index is 973. The Hall–Kier alpha value is -2.54. The number of hydrogen-bond acceptors (Lipinski definition) is 5. The van der Waals surface area contributed by atoms with E-state index in [9.17, 15) is 13.2 Å². The monoisotopic (exact) mass is 373 g/mol. The summed E-state index contributed by atoms with van der Waals surface area (Å²) >= 11 is 0. The van der Waals surface area contributed by atoms with Crippen LogP contribution in [-0.4, -0.2) is 32.4 Å². The van der Waals surface area contributed by atoms with Gasteiger partial charge in [0.25, 0.3) is 0 Å². The second-order valence-corrected chi connectivity index (χ2v) is 8.86. The van der Waals surface area contributed by atoms with E-state index in [1.165, 1.54) is 19.2 Å². The molecule has 3 atom stereocenters. The first-order valence-electron chi connectivity index (χ1n) is 8.33. The van der Waals surface area contributed by atoms with Crippen LogP contribution < -0.4 is 14.8 Å². The molecule has 0 unspecified atom stereocenters. The van der Waals surface area contributed by atoms with Gasteiger partial charge in [-0.1, -0.05) is 30.3 Å². The van der Waals surface area contributed by atoms with Crippen molar-refractivity contribution in [2.45, 2.75) is 35.1 Å². The molecule has 2 aromatic carbocycles. The summed E-state index contributed by atoms with van der Waals surface area (Å²) < 4.78 is 37.8. The van der Waals surface area contributed by atoms with E-state index in [-0.39, 0.29) is 4.90 Å². The Morgan fingerprint density at radius 2 is 1.88 bits per heavy atom. The van der Waals surface area contributed by atoms with Crippen molar-refractivity contribution in [1.29, 1.82) is 0 Å². The summed E-state index contributed by atoms with van der Waals surface area (Å²) in [6.45, 7) is 1.75. The lowest BCUT2D eigenvalue weighted by Gasteiger charge is -2.47. The van der Waals surface area contributed by atoms with Crippen LogP contribution >= 0.6 is 0 Å². The van der Waals surface area contributed by atoms with Gasteiger partial charge in [-0.3, -0.25) is 4.79 Å². The lowest BCUT2D eigenvalue weighted by Crippen LogP contribution is -2.63. The van der Waals surface area contributed by atoms with Gasteiger partial charge in [-0.15, -0.1) is 0 Å². The molecular formula is C19H19NO5S. The fourth-order valence-electron chi connectivity index (χ4n) is 3.87. The Balaban J connectivity index is 1.89. The highest BCUT2D eigenvalue weighted by Crippen LogP contribution is 2.50. The minimum absolute atomic E-state index is 0.139. The summed E-state index contributed by atoms with van der Waals surface area (Å²) in [5.41, 5.74) is -0.285. The number of benzene rings is 2. The molecule has 1 amide bonds. The van der Waals surface area contributed by atoms with E-state index in [0.29, 0.717) is 23.5 Å². The van der Waals surface area contributed by atoms with E-state index < -0.39 is 32.6 Å². The third-order valence-electron chi connectivity index (χ3n) is 4.98. The number of carbonyl (C=O) groups is 1. The number of sulfone groups is 1. The fourth-order valence-corrected chi connectivity index (χ4v) is 5.71. The van der Waals surface area contributed by atoms with Crippen molar-refractivity contribution in [1.82, 2.24) is 5.32 Å². The molecule has 1 saturated heterocycles. The van der Waals surface area contributed by atoms with Crippen LogP contribution in [0.25, 0.3) is 0 Å². The lowest BCUT2D eigenvalue weighted by atomic mass is 9.81. The smallest absolute Gasteiger partial charge is 0.242 e. The molecule has 7 heteroatoms. The number of amides is 1. The van der Waals surface area contributed by atoms with Crippen LogP contribution in [0.4, 0.5) is 0 Å². The van der Waals surface area contributed by atoms with Crippen molar-refractivity contribution < 1.29 is 22.7 Å². The third kappa shape index (κ3) is 2.46. The molecule has 2 bridgehead atoms. The molecule has 2 aliphatic heterocycles. The van der Waals surface area contributed by atoms with Crippen molar-refractivity contribution in [3.8, 4) is 11.5 Å². The zero-order valence-electron chi connectivity index (χ0n) is 14.4. The molecule has 1 fully saturated rings. The fraction of sp³-hybridized carbons (Fsp3) is 0.316. The van der Waals surface area contributed by atoms with Crippen LogP contribution in [0.1, 0.15) is 24.8 Å². The highest BCUT2D eigenvalue weighted by Gasteiger charge is 2.54. The molecule has 4 rings (SSSR count). The van der Waals surface area contributed by atoms with Gasteiger partial charge in [0.05, 0.1) is 12.0 Å². The third-order valence-corrected chi connectivity index (χ3v) is 7.12. The molecule has 26 heavy (non-hydrogen) atoms. The van der Waals surface area contributed by atoms with Gasteiger partial charge in [-0.2, -0.15) is 0 Å². The molecule has 0 spiro atoms. The van der Waals surface area contributed by atoms with Crippen molar-refractivity contribution in [2.75, 3.05) is 7.11 Å². The van der Waals surface area contributed by atoms with E-state index in [1.54, 1.807) is 43.3 Å². The van der Waals surface area contributed by atoms with Crippen LogP contribution in [0, 0.1) is 0 Å². The lowest BCUT2D eigenvalue weighted by molar-refractivity contribution is -0.132. The number of hydrogen-bond donors (Lipinski definition) is 1. The van der Waals surface area contributed by atoms with Gasteiger partial charge >= 0.3 is 0 Å². The molecule has 0 radical (unpaired) electrons. The van der Waals surface area contributed by atoms with Crippen LogP contribution in [0.15, 0.2) is 53.4 Å². The summed E-state index contributed by atoms with van der Waals surface area (Å²) in [6.07, 6.45) is 0.371. The van der Waals surface area contributed by atoms with Crippen molar-refractivity contribution in [2.24, 2.45) is 0 Å². The first kappa shape index (κ1) is 16.9. The summed E-state index contributed by atoms with van der Waals surface area (Å²) in [5.74, 6) is -0.0497. The zero-order valence-corrected chi connectivity index (χ0v) is 15.2. The Morgan fingerprint density at radius 3 is 2.58 bits per heavy atom. The maximum Gasteiger partial charge on any atom is 0.242 e. The van der Waals surface area contributed by atoms with Gasteiger partial charge in [0.15, 0.2) is 32.3 Å². The van der Waals surface area contributed by atoms with E-state index in [1.807, 2.05) is 0 Å². The molecule has 2 aromatic rings. The predicted octanol–water partition coefficient (Wildman–Crippen LogP) is 2.25. The van der Waals surface area contributed by atoms with Crippen molar-refractivity contribution in [3.63, 3.8) is 0 Å². The molecule has 1 N–H and O–H groups in total. The predicted molar refractivity (Wildman–Crippen MR) is 94.9 cm³/mol. The SMILES string of the molecule is COc1cccc2c1O[C@@]1(C)C[C@@H]2[C@H](S(=O)(=O)c2ccccc2)C(=O)N1. The van der Waals surface area contributed by atoms with Crippen LogP contribution in [-0.2, 0) is 14.6 Å². The number of methoxy groups -OCH3 is 1. The maximum absolute atomic E-state index is 13.2. The number of carbonyl (C=O) groups excluding carboxylic acids is 1. The van der Waals surface area contributed by atoms with Gasteiger partial charge in [-0.05, 0) is 25.1 Å². The number of para-hydroxylation sites is 1. The Morgan fingerprint density at radius 1 is 1.15 bits per heavy atom. The summed E-state index contributed by atoms with van der Waals surface area (Å²) in [6, 6.07) is 13.4. The number of fused-ring (bicyclic) bond motifs is 4. The van der Waals surface area contributed by atoms with E-state index in [0.717, 1.165) is 0 Å². The number of ether oxygens (including phenoxy) is 2. The minimum Gasteiger partial charge on any atom is -0.493 e. The van der Waals surface area contributed by atoms with E-state index >= 15 is 0 Å². The highest BCUT2D eigenvalue weighted by molar-refractivity contribution is 7.92. The summed E-state index contributed by atoms with van der Waals surface area (Å²) in [4.78, 5) is 12.9. The Labute approximate surface area is 152 Å². The van der Waals surface area contributed by atoms with Gasteiger partial charge in [0.1, 0.15) is 0 Å². The van der Waals surface area contributed by atoms with Gasteiger partial charge < -0.3 is 14.8 Å². The molecule has 0 aromatic heterocycles. The van der Waals surface area contributed by atoms with Crippen LogP contribution in [0.2, 0.25) is 0 Å². The molecule has 2 aliphatic rings. The number of nitrogens with one attached hydrogen (secondary N) is 1. The van der Waals surface area contributed by atoms with E-state index in [2.05, 4.69) is 5.32 Å². The first-order valence-corrected chi connectivity index (χ1v) is 9.87. The molecule has 0 saturated carbocycles. The first-order chi connectivity index (χ1) is 12.4. The van der Waals surface area contributed by atoms with Crippen LogP contribution in [0.3, 0.4) is 0 Å². The normalized spacial score (nSPS) is 27.1. The second-order valence-electron chi connectivity index (χ2n) is 6.79. The molecule has 6 nitrogen and oxygen atoms in total. The number of piperidine rings is 1. The minimum atomic E-state index is -3.86. The molecular weight excluding hydrogens is 354 g/mol. The second kappa shape index (κ2) is 5.74.